The first-order valence-electron chi connectivity index (χ1n) is 32.5. The second-order valence-corrected chi connectivity index (χ2v) is 34.7. The molecule has 0 aliphatic carbocycles. The van der Waals surface area contributed by atoms with E-state index in [0.29, 0.717) is 115 Å². The number of rotatable bonds is 17. The van der Waals surface area contributed by atoms with Crippen LogP contribution < -0.4 is 28.7 Å². The Morgan fingerprint density at radius 2 is 0.443 bits per heavy atom. The molecular formula is C64H110N14O10. The maximum Gasteiger partial charge on any atom is 0.324 e. The van der Waals surface area contributed by atoms with Gasteiger partial charge in [0.2, 0.25) is 11.9 Å². The molecule has 6 saturated heterocycles. The van der Waals surface area contributed by atoms with Crippen LogP contribution in [0.1, 0.15) is 256 Å². The first kappa shape index (κ1) is 70.2. The summed E-state index contributed by atoms with van der Waals surface area (Å²) in [6, 6.07) is -0.244. The van der Waals surface area contributed by atoms with Crippen LogP contribution in [0.2, 0.25) is 0 Å². The number of anilines is 2. The average Bonchev–Trinajstić information content (AvgIpc) is 1.64. The quantitative estimate of drug-likeness (QED) is 0.133. The van der Waals surface area contributed by atoms with Crippen LogP contribution in [0.5, 0.6) is 24.0 Å². The van der Waals surface area contributed by atoms with Gasteiger partial charge in [0.25, 0.3) is 0 Å². The van der Waals surface area contributed by atoms with Gasteiger partial charge in [0.05, 0.1) is 0 Å². The highest BCUT2D eigenvalue weighted by atomic mass is 16.6. The fourth-order valence-electron chi connectivity index (χ4n) is 17.1. The molecule has 0 saturated carbocycles. The molecule has 496 valence electrons. The third kappa shape index (κ3) is 14.9. The zero-order valence-electron chi connectivity index (χ0n) is 58.1. The molecule has 8 rings (SSSR count). The highest BCUT2D eigenvalue weighted by Crippen LogP contribution is 2.46. The summed E-state index contributed by atoms with van der Waals surface area (Å²) < 4.78 is 27.2. The fraction of sp³-hybridized carbons (Fsp3) is 0.906. The van der Waals surface area contributed by atoms with Crippen LogP contribution in [0.15, 0.2) is 0 Å². The molecule has 2 aromatic rings. The Kier molecular flexibility index (Phi) is 18.9. The minimum absolute atomic E-state index is 0.0592. The van der Waals surface area contributed by atoms with Gasteiger partial charge in [-0.25, -0.2) is 0 Å². The van der Waals surface area contributed by atoms with E-state index < -0.39 is 90.9 Å². The predicted molar refractivity (Wildman–Crippen MR) is 328 cm³/mol. The van der Waals surface area contributed by atoms with Crippen LogP contribution in [0.4, 0.5) is 11.9 Å². The highest BCUT2D eigenvalue weighted by Gasteiger charge is 2.54. The Hall–Kier alpha value is -3.66. The molecule has 6 aliphatic rings. The lowest BCUT2D eigenvalue weighted by molar-refractivity contribution is -0.297. The van der Waals surface area contributed by atoms with Gasteiger partial charge in [-0.1, -0.05) is 0 Å². The Morgan fingerprint density at radius 1 is 0.284 bits per heavy atom. The molecule has 0 unspecified atom stereocenters. The lowest BCUT2D eigenvalue weighted by Crippen LogP contribution is -2.63. The van der Waals surface area contributed by atoms with Gasteiger partial charge >= 0.3 is 24.0 Å². The van der Waals surface area contributed by atoms with E-state index >= 15 is 0 Å². The molecule has 24 heteroatoms. The van der Waals surface area contributed by atoms with E-state index in [-0.39, 0.29) is 36.1 Å². The van der Waals surface area contributed by atoms with Crippen molar-refractivity contribution in [3.05, 3.63) is 0 Å². The fourth-order valence-corrected chi connectivity index (χ4v) is 17.1. The molecular weight excluding hydrogens is 1120 g/mol. The van der Waals surface area contributed by atoms with Gasteiger partial charge in [0.15, 0.2) is 0 Å². The highest BCUT2D eigenvalue weighted by molar-refractivity contribution is 5.37. The normalized spacial score (nSPS) is 27.8. The lowest BCUT2D eigenvalue weighted by atomic mass is 9.78. The molecule has 6 radical (unpaired) electrons. The maximum atomic E-state index is 14.1. The van der Waals surface area contributed by atoms with Gasteiger partial charge in [0.1, 0.15) is 24.4 Å². The van der Waals surface area contributed by atoms with Gasteiger partial charge in [-0.3, -0.25) is 0 Å². The van der Waals surface area contributed by atoms with Crippen molar-refractivity contribution < 1.29 is 50.2 Å². The molecule has 8 heterocycles. The molecule has 0 spiro atoms. The molecule has 0 aromatic carbocycles. The number of hydrogen-bond acceptors (Lipinski definition) is 18. The van der Waals surface area contributed by atoms with Crippen LogP contribution in [0.3, 0.4) is 0 Å². The summed E-state index contributed by atoms with van der Waals surface area (Å²) in [4.78, 5) is 34.7. The minimum atomic E-state index is -0.774. The summed E-state index contributed by atoms with van der Waals surface area (Å²) in [5, 5.41) is 89.6. The summed E-state index contributed by atoms with van der Waals surface area (Å²) in [6.45, 7) is 47.4. The predicted octanol–water partition coefficient (Wildman–Crippen LogP) is 10.9. The van der Waals surface area contributed by atoms with Crippen molar-refractivity contribution in [2.24, 2.45) is 0 Å². The topological polar surface area (TPSA) is 260 Å². The molecule has 6 fully saturated rings. The summed E-state index contributed by atoms with van der Waals surface area (Å²) >= 11 is 0. The first-order chi connectivity index (χ1) is 39.9. The Balaban J connectivity index is 1.19. The van der Waals surface area contributed by atoms with E-state index in [2.05, 4.69) is 9.80 Å². The molecule has 88 heavy (non-hydrogen) atoms. The Bertz CT molecular complexity index is 2360. The molecule has 24 nitrogen and oxygen atoms in total. The minimum Gasteiger partial charge on any atom is -0.460 e. The van der Waals surface area contributed by atoms with Crippen molar-refractivity contribution in [1.82, 2.24) is 60.3 Å². The van der Waals surface area contributed by atoms with Gasteiger partial charge in [-0.2, -0.15) is 19.9 Å². The van der Waals surface area contributed by atoms with Crippen LogP contribution >= 0.6 is 0 Å². The molecule has 0 N–H and O–H groups in total. The van der Waals surface area contributed by atoms with Crippen molar-refractivity contribution in [3.8, 4) is 24.0 Å². The summed E-state index contributed by atoms with van der Waals surface area (Å²) in [5.41, 5.74) is -9.05. The second kappa shape index (κ2) is 23.7. The number of unbranched alkanes of at least 4 members (excludes halogenated alkanes) is 1. The maximum absolute atomic E-state index is 14.1. The average molecular weight is 1240 g/mol. The van der Waals surface area contributed by atoms with Crippen LogP contribution in [-0.2, 0) is 31.2 Å². The summed E-state index contributed by atoms with van der Waals surface area (Å²) in [6.07, 6.45) is 4.78. The first-order valence-corrected chi connectivity index (χ1v) is 32.5. The monoisotopic (exact) mass is 1230 g/mol. The summed E-state index contributed by atoms with van der Waals surface area (Å²) in [5.74, 6) is 0.645. The van der Waals surface area contributed by atoms with E-state index in [9.17, 15) is 31.2 Å². The van der Waals surface area contributed by atoms with Crippen molar-refractivity contribution in [1.29, 1.82) is 0 Å². The number of aromatic nitrogens is 6. The van der Waals surface area contributed by atoms with Crippen molar-refractivity contribution in [2.75, 3.05) is 22.9 Å². The lowest BCUT2D eigenvalue weighted by Gasteiger charge is -2.52. The van der Waals surface area contributed by atoms with Crippen molar-refractivity contribution >= 4 is 11.9 Å². The zero-order chi connectivity index (χ0) is 65.9. The van der Waals surface area contributed by atoms with Crippen LogP contribution in [0.25, 0.3) is 0 Å². The molecule has 2 aromatic heterocycles. The van der Waals surface area contributed by atoms with E-state index in [1.807, 2.05) is 166 Å². The van der Waals surface area contributed by atoms with Gasteiger partial charge in [-0.15, -0.1) is 71.6 Å². The largest absolute Gasteiger partial charge is 0.460 e. The standard InChI is InChI=1S/C64H110N14O10/c1-53(2)29-41(30-54(3,4)73(53)79)71(47-65-49(85-43-33-57(9,10)75(81)58(11,12)34-43)69-50(66-47)86-44-35-59(13,14)76(82)60(15,16)36-44)27-25-26-28-72(42-31-55(5,6)74(80)56(7,8)32-42)48-67-51(87-45-37-61(17,18)77(83)62(19,20)38-45)70-52(68-48)88-46-39-63(21,22)78(84)64(23,24)40-46/h41-46H,25-40H2,1-24H3. The van der Waals surface area contributed by atoms with E-state index in [1.54, 1.807) is 0 Å². The molecule has 6 aliphatic heterocycles. The number of ether oxygens (including phenoxy) is 4. The molecule has 0 atom stereocenters. The van der Waals surface area contributed by atoms with Crippen molar-refractivity contribution in [3.63, 3.8) is 0 Å². The van der Waals surface area contributed by atoms with Crippen molar-refractivity contribution in [2.45, 2.75) is 359 Å². The van der Waals surface area contributed by atoms with Gasteiger partial charge in [-0.05, 0) is 205 Å². The van der Waals surface area contributed by atoms with Gasteiger partial charge < -0.3 is 28.7 Å². The SMILES string of the molecule is CC1(C)CC(Oc2nc(OC3CC(C)(C)N([O])C(C)(C)C3)nc(N(CCCCN(c3nc(OC4CC(C)(C)N([O])C(C)(C)C4)nc(OC4CC(C)(C)N([O])C(C)(C)C4)n3)C3CC(C)(C)N([O])C(C)(C)C3)C3CC(C)(C)N([O])C(C)(C)C3)n2)CC(C)(C)N1[O]. The van der Waals surface area contributed by atoms with Crippen LogP contribution in [-0.4, -0.2) is 176 Å². The van der Waals surface area contributed by atoms with E-state index in [4.69, 9.17) is 48.9 Å². The van der Waals surface area contributed by atoms with Crippen LogP contribution in [0, 0.1) is 0 Å². The number of hydrogen-bond donors (Lipinski definition) is 0. The smallest absolute Gasteiger partial charge is 0.324 e. The van der Waals surface area contributed by atoms with E-state index in [1.165, 1.54) is 10.1 Å². The number of hydroxylamine groups is 12. The molecule has 0 bridgehead atoms. The zero-order valence-corrected chi connectivity index (χ0v) is 58.1. The second-order valence-electron chi connectivity index (χ2n) is 34.7. The summed E-state index contributed by atoms with van der Waals surface area (Å²) in [7, 11) is 0. The number of nitrogens with zero attached hydrogens (tertiary/aromatic N) is 14. The van der Waals surface area contributed by atoms with Gasteiger partial charge in [0, 0.05) is 143 Å². The number of piperidine rings is 6. The third-order valence-electron chi connectivity index (χ3n) is 20.1. The van der Waals surface area contributed by atoms with E-state index in [0.717, 1.165) is 20.3 Å². The Labute approximate surface area is 526 Å². The Morgan fingerprint density at radius 3 is 0.614 bits per heavy atom. The third-order valence-corrected chi connectivity index (χ3v) is 20.1. The molecule has 0 amide bonds.